The third-order valence-electron chi connectivity index (χ3n) is 3.01. The SMILES string of the molecule is Cl.c1ccc(OCc2cc(N3CCOCC3)no2)cc1. The molecule has 0 unspecified atom stereocenters. The minimum absolute atomic E-state index is 0. The van der Waals surface area contributed by atoms with E-state index >= 15 is 0 Å². The summed E-state index contributed by atoms with van der Waals surface area (Å²) in [5, 5.41) is 4.07. The molecule has 20 heavy (non-hydrogen) atoms. The highest BCUT2D eigenvalue weighted by Crippen LogP contribution is 2.17. The summed E-state index contributed by atoms with van der Waals surface area (Å²) in [6.45, 7) is 3.57. The van der Waals surface area contributed by atoms with Crippen molar-refractivity contribution in [2.45, 2.75) is 6.61 Å². The summed E-state index contributed by atoms with van der Waals surface area (Å²) in [6, 6.07) is 11.6. The second kappa shape index (κ2) is 7.17. The fourth-order valence-corrected chi connectivity index (χ4v) is 1.98. The van der Waals surface area contributed by atoms with Gasteiger partial charge in [-0.2, -0.15) is 0 Å². The van der Waals surface area contributed by atoms with Gasteiger partial charge >= 0.3 is 0 Å². The molecule has 1 fully saturated rings. The fourth-order valence-electron chi connectivity index (χ4n) is 1.98. The first-order valence-corrected chi connectivity index (χ1v) is 6.38. The number of nitrogens with zero attached hydrogens (tertiary/aromatic N) is 2. The van der Waals surface area contributed by atoms with Crippen LogP contribution in [0.25, 0.3) is 0 Å². The normalized spacial score (nSPS) is 14.7. The molecule has 2 aromatic rings. The van der Waals surface area contributed by atoms with Gasteiger partial charge in [-0.05, 0) is 12.1 Å². The van der Waals surface area contributed by atoms with E-state index in [1.54, 1.807) is 0 Å². The third kappa shape index (κ3) is 3.65. The van der Waals surface area contributed by atoms with Crippen LogP contribution < -0.4 is 9.64 Å². The van der Waals surface area contributed by atoms with Gasteiger partial charge in [-0.3, -0.25) is 0 Å². The van der Waals surface area contributed by atoms with Gasteiger partial charge in [0.15, 0.2) is 11.6 Å². The molecule has 5 nitrogen and oxygen atoms in total. The van der Waals surface area contributed by atoms with Crippen LogP contribution in [0.1, 0.15) is 5.76 Å². The molecule has 0 bridgehead atoms. The standard InChI is InChI=1S/C14H16N2O3.ClH/c1-2-4-12(5-3-1)18-11-13-10-14(15-19-13)16-6-8-17-9-7-16;/h1-5,10H,6-9,11H2;1H. The van der Waals surface area contributed by atoms with Crippen LogP contribution in [-0.4, -0.2) is 31.5 Å². The lowest BCUT2D eigenvalue weighted by Gasteiger charge is -2.25. The topological polar surface area (TPSA) is 47.7 Å². The molecule has 2 heterocycles. The van der Waals surface area contributed by atoms with Gasteiger partial charge in [-0.25, -0.2) is 0 Å². The molecule has 0 amide bonds. The first-order chi connectivity index (χ1) is 9.42. The van der Waals surface area contributed by atoms with E-state index in [0.717, 1.165) is 43.6 Å². The van der Waals surface area contributed by atoms with Crippen molar-refractivity contribution in [3.05, 3.63) is 42.2 Å². The Bertz CT molecular complexity index is 512. The van der Waals surface area contributed by atoms with E-state index in [9.17, 15) is 0 Å². The Morgan fingerprint density at radius 3 is 2.65 bits per heavy atom. The lowest BCUT2D eigenvalue weighted by atomic mass is 10.3. The molecule has 6 heteroatoms. The average molecular weight is 297 g/mol. The molecule has 1 aromatic carbocycles. The molecule has 0 N–H and O–H groups in total. The predicted octanol–water partition coefficient (Wildman–Crippen LogP) is 2.51. The van der Waals surface area contributed by atoms with Gasteiger partial charge in [0.05, 0.1) is 13.2 Å². The van der Waals surface area contributed by atoms with Crippen molar-refractivity contribution in [1.29, 1.82) is 0 Å². The molecule has 1 saturated heterocycles. The van der Waals surface area contributed by atoms with Gasteiger partial charge < -0.3 is 18.9 Å². The first-order valence-electron chi connectivity index (χ1n) is 6.38. The molecule has 0 aliphatic carbocycles. The quantitative estimate of drug-likeness (QED) is 0.867. The summed E-state index contributed by atoms with van der Waals surface area (Å²) in [5.74, 6) is 2.41. The number of hydrogen-bond donors (Lipinski definition) is 0. The fraction of sp³-hybridized carbons (Fsp3) is 0.357. The van der Waals surface area contributed by atoms with Gasteiger partial charge in [0.25, 0.3) is 0 Å². The molecule has 1 aromatic heterocycles. The van der Waals surface area contributed by atoms with E-state index in [1.165, 1.54) is 0 Å². The molecule has 0 radical (unpaired) electrons. The van der Waals surface area contributed by atoms with Crippen molar-refractivity contribution < 1.29 is 14.0 Å². The minimum atomic E-state index is 0. The summed E-state index contributed by atoms with van der Waals surface area (Å²) in [6.07, 6.45) is 0. The molecule has 3 rings (SSSR count). The maximum Gasteiger partial charge on any atom is 0.176 e. The average Bonchev–Trinajstić information content (AvgIpc) is 2.96. The summed E-state index contributed by atoms with van der Waals surface area (Å²) in [5.41, 5.74) is 0. The molecule has 1 aliphatic heterocycles. The minimum Gasteiger partial charge on any atom is -0.486 e. The second-order valence-electron chi connectivity index (χ2n) is 4.35. The molecule has 0 saturated carbocycles. The third-order valence-corrected chi connectivity index (χ3v) is 3.01. The number of hydrogen-bond acceptors (Lipinski definition) is 5. The first kappa shape index (κ1) is 14.7. The zero-order chi connectivity index (χ0) is 12.9. The maximum absolute atomic E-state index is 5.62. The van der Waals surface area contributed by atoms with E-state index in [1.807, 2.05) is 36.4 Å². The van der Waals surface area contributed by atoms with Gasteiger partial charge in [-0.1, -0.05) is 23.4 Å². The number of anilines is 1. The Hall–Kier alpha value is -1.72. The maximum atomic E-state index is 5.62. The highest BCUT2D eigenvalue weighted by molar-refractivity contribution is 5.85. The Balaban J connectivity index is 0.00000147. The number of halogens is 1. The van der Waals surface area contributed by atoms with Crippen molar-refractivity contribution in [3.63, 3.8) is 0 Å². The lowest BCUT2D eigenvalue weighted by molar-refractivity contribution is 0.122. The van der Waals surface area contributed by atoms with Crippen LogP contribution in [0.3, 0.4) is 0 Å². The van der Waals surface area contributed by atoms with E-state index in [4.69, 9.17) is 14.0 Å². The van der Waals surface area contributed by atoms with Crippen LogP contribution >= 0.6 is 12.4 Å². The zero-order valence-corrected chi connectivity index (χ0v) is 11.8. The Morgan fingerprint density at radius 2 is 1.90 bits per heavy atom. The van der Waals surface area contributed by atoms with E-state index in [-0.39, 0.29) is 12.4 Å². The molecule has 108 valence electrons. The largest absolute Gasteiger partial charge is 0.486 e. The van der Waals surface area contributed by atoms with Crippen molar-refractivity contribution in [3.8, 4) is 5.75 Å². The highest BCUT2D eigenvalue weighted by atomic mass is 35.5. The summed E-state index contributed by atoms with van der Waals surface area (Å²) in [7, 11) is 0. The van der Waals surface area contributed by atoms with Crippen LogP contribution in [0.2, 0.25) is 0 Å². The van der Waals surface area contributed by atoms with Gasteiger partial charge in [0.2, 0.25) is 0 Å². The number of para-hydroxylation sites is 1. The molecular formula is C14H17ClN2O3. The van der Waals surface area contributed by atoms with E-state index in [0.29, 0.717) is 6.61 Å². The lowest BCUT2D eigenvalue weighted by Crippen LogP contribution is -2.36. The van der Waals surface area contributed by atoms with Crippen LogP contribution in [-0.2, 0) is 11.3 Å². The van der Waals surface area contributed by atoms with Gasteiger partial charge in [0, 0.05) is 19.2 Å². The smallest absolute Gasteiger partial charge is 0.176 e. The summed E-state index contributed by atoms with van der Waals surface area (Å²) >= 11 is 0. The van der Waals surface area contributed by atoms with Crippen LogP contribution in [0.4, 0.5) is 5.82 Å². The summed E-state index contributed by atoms with van der Waals surface area (Å²) in [4.78, 5) is 2.15. The van der Waals surface area contributed by atoms with Crippen LogP contribution in [0, 0.1) is 0 Å². The summed E-state index contributed by atoms with van der Waals surface area (Å²) < 4.78 is 16.2. The number of ether oxygens (including phenoxy) is 2. The van der Waals surface area contributed by atoms with Crippen LogP contribution in [0.5, 0.6) is 5.75 Å². The Kier molecular flexibility index (Phi) is 5.26. The molecule has 0 atom stereocenters. The number of aromatic nitrogens is 1. The van der Waals surface area contributed by atoms with Gasteiger partial charge in [0.1, 0.15) is 12.4 Å². The Morgan fingerprint density at radius 1 is 1.15 bits per heavy atom. The van der Waals surface area contributed by atoms with Crippen molar-refractivity contribution in [2.24, 2.45) is 0 Å². The van der Waals surface area contributed by atoms with Crippen LogP contribution in [0.15, 0.2) is 40.9 Å². The van der Waals surface area contributed by atoms with E-state index < -0.39 is 0 Å². The van der Waals surface area contributed by atoms with Crippen molar-refractivity contribution in [1.82, 2.24) is 5.16 Å². The Labute approximate surface area is 123 Å². The predicted molar refractivity (Wildman–Crippen MR) is 77.6 cm³/mol. The monoisotopic (exact) mass is 296 g/mol. The zero-order valence-electron chi connectivity index (χ0n) is 11.0. The number of rotatable bonds is 4. The number of benzene rings is 1. The molecular weight excluding hydrogens is 280 g/mol. The van der Waals surface area contributed by atoms with Crippen molar-refractivity contribution >= 4 is 18.2 Å². The van der Waals surface area contributed by atoms with E-state index in [2.05, 4.69) is 10.1 Å². The highest BCUT2D eigenvalue weighted by Gasteiger charge is 2.15. The number of morpholine rings is 1. The van der Waals surface area contributed by atoms with Crippen molar-refractivity contribution in [2.75, 3.05) is 31.2 Å². The van der Waals surface area contributed by atoms with Gasteiger partial charge in [-0.15, -0.1) is 12.4 Å². The molecule has 0 spiro atoms. The molecule has 1 aliphatic rings. The second-order valence-corrected chi connectivity index (χ2v) is 4.35.